The lowest BCUT2D eigenvalue weighted by Gasteiger charge is -2.21. The normalized spacial score (nSPS) is 20.9. The predicted octanol–water partition coefficient (Wildman–Crippen LogP) is 3.95. The van der Waals surface area contributed by atoms with Crippen LogP contribution in [0.5, 0.6) is 0 Å². The number of hydrogen-bond donors (Lipinski definition) is 1. The number of nitrogens with two attached hydrogens (primary N) is 1. The monoisotopic (exact) mass is 282 g/mol. The Balaban J connectivity index is 0.00000180. The largest absolute Gasteiger partial charge is 0.399 e. The fourth-order valence-electron chi connectivity index (χ4n) is 2.96. The summed E-state index contributed by atoms with van der Waals surface area (Å²) in [7, 11) is 0. The van der Waals surface area contributed by atoms with Gasteiger partial charge in [-0.05, 0) is 61.9 Å². The van der Waals surface area contributed by atoms with E-state index in [0.717, 1.165) is 24.1 Å². The third kappa shape index (κ3) is 5.04. The Morgan fingerprint density at radius 1 is 1.26 bits per heavy atom. The molecule has 2 nitrogen and oxygen atoms in total. The van der Waals surface area contributed by atoms with Crippen LogP contribution in [0.15, 0.2) is 24.3 Å². The third-order valence-electron chi connectivity index (χ3n) is 4.17. The third-order valence-corrected chi connectivity index (χ3v) is 4.17. The molecule has 1 aromatic rings. The van der Waals surface area contributed by atoms with Crippen molar-refractivity contribution in [2.45, 2.75) is 39.7 Å². The van der Waals surface area contributed by atoms with E-state index < -0.39 is 0 Å². The van der Waals surface area contributed by atoms with Crippen LogP contribution in [-0.4, -0.2) is 18.0 Å². The van der Waals surface area contributed by atoms with E-state index in [0.29, 0.717) is 0 Å². The number of anilines is 1. The summed E-state index contributed by atoms with van der Waals surface area (Å²) in [5.74, 6) is 1.74. The fraction of sp³-hybridized carbons (Fsp3) is 0.625. The van der Waals surface area contributed by atoms with Crippen molar-refractivity contribution >= 4 is 18.1 Å². The van der Waals surface area contributed by atoms with Gasteiger partial charge in [0.1, 0.15) is 0 Å². The summed E-state index contributed by atoms with van der Waals surface area (Å²) in [6.07, 6.45) is 4.08. The summed E-state index contributed by atoms with van der Waals surface area (Å²) in [6.45, 7) is 8.24. The van der Waals surface area contributed by atoms with E-state index in [1.165, 1.54) is 37.9 Å². The van der Waals surface area contributed by atoms with Crippen molar-refractivity contribution < 1.29 is 0 Å². The molecule has 1 saturated heterocycles. The van der Waals surface area contributed by atoms with Gasteiger partial charge in [0.15, 0.2) is 0 Å². The Morgan fingerprint density at radius 2 is 2.05 bits per heavy atom. The zero-order valence-corrected chi connectivity index (χ0v) is 13.0. The van der Waals surface area contributed by atoms with E-state index >= 15 is 0 Å². The number of rotatable bonds is 3. The van der Waals surface area contributed by atoms with Gasteiger partial charge in [0.05, 0.1) is 0 Å². The van der Waals surface area contributed by atoms with E-state index in [1.54, 1.807) is 0 Å². The minimum atomic E-state index is 0. The van der Waals surface area contributed by atoms with E-state index in [2.05, 4.69) is 36.9 Å². The number of benzene rings is 1. The lowest BCUT2D eigenvalue weighted by molar-refractivity contribution is 0.265. The van der Waals surface area contributed by atoms with Crippen LogP contribution in [0, 0.1) is 11.8 Å². The summed E-state index contributed by atoms with van der Waals surface area (Å²) in [4.78, 5) is 2.58. The molecular formula is C16H27ClN2. The highest BCUT2D eigenvalue weighted by molar-refractivity contribution is 5.85. The lowest BCUT2D eigenvalue weighted by atomic mass is 9.89. The van der Waals surface area contributed by atoms with Crippen LogP contribution in [0.25, 0.3) is 0 Å². The first kappa shape index (κ1) is 16.3. The molecule has 1 heterocycles. The summed E-state index contributed by atoms with van der Waals surface area (Å²) in [6, 6.07) is 8.30. The maximum Gasteiger partial charge on any atom is 0.0317 e. The summed E-state index contributed by atoms with van der Waals surface area (Å²) >= 11 is 0. The van der Waals surface area contributed by atoms with Gasteiger partial charge in [-0.25, -0.2) is 0 Å². The molecule has 1 aliphatic rings. The standard InChI is InChI=1S/C16H26N2.ClH/c1-13(2)15-6-4-9-18(10-8-15)12-14-5-3-7-16(17)11-14;/h3,5,7,11,13,15H,4,6,8-10,12,17H2,1-2H3;1H. The topological polar surface area (TPSA) is 29.3 Å². The Bertz CT molecular complexity index is 379. The first-order chi connectivity index (χ1) is 8.65. The zero-order valence-electron chi connectivity index (χ0n) is 12.1. The second-order valence-corrected chi connectivity index (χ2v) is 5.96. The summed E-state index contributed by atoms with van der Waals surface area (Å²) < 4.78 is 0. The summed E-state index contributed by atoms with van der Waals surface area (Å²) in [5, 5.41) is 0. The van der Waals surface area contributed by atoms with E-state index in [4.69, 9.17) is 5.73 Å². The van der Waals surface area contributed by atoms with Crippen molar-refractivity contribution in [1.29, 1.82) is 0 Å². The molecule has 0 bridgehead atoms. The molecule has 0 radical (unpaired) electrons. The van der Waals surface area contributed by atoms with Crippen molar-refractivity contribution in [3.63, 3.8) is 0 Å². The highest BCUT2D eigenvalue weighted by atomic mass is 35.5. The Hall–Kier alpha value is -0.730. The second-order valence-electron chi connectivity index (χ2n) is 5.96. The van der Waals surface area contributed by atoms with Gasteiger partial charge in [0.25, 0.3) is 0 Å². The van der Waals surface area contributed by atoms with Crippen LogP contribution < -0.4 is 5.73 Å². The van der Waals surface area contributed by atoms with E-state index in [-0.39, 0.29) is 12.4 Å². The zero-order chi connectivity index (χ0) is 13.0. The van der Waals surface area contributed by atoms with Crippen LogP contribution in [-0.2, 0) is 6.54 Å². The van der Waals surface area contributed by atoms with E-state index in [9.17, 15) is 0 Å². The average molecular weight is 283 g/mol. The molecule has 1 unspecified atom stereocenters. The molecule has 0 saturated carbocycles. The molecule has 0 amide bonds. The van der Waals surface area contributed by atoms with Crippen molar-refractivity contribution in [3.05, 3.63) is 29.8 Å². The molecule has 108 valence electrons. The molecule has 1 aromatic carbocycles. The molecule has 1 atom stereocenters. The van der Waals surface area contributed by atoms with Crippen molar-refractivity contribution in [2.24, 2.45) is 11.8 Å². The molecular weight excluding hydrogens is 256 g/mol. The number of nitrogens with zero attached hydrogens (tertiary/aromatic N) is 1. The highest BCUT2D eigenvalue weighted by Gasteiger charge is 2.19. The fourth-order valence-corrected chi connectivity index (χ4v) is 2.96. The lowest BCUT2D eigenvalue weighted by Crippen LogP contribution is -2.24. The number of likely N-dealkylation sites (tertiary alicyclic amines) is 1. The SMILES string of the molecule is CC(C)C1CCCN(Cc2cccc(N)c2)CC1.Cl. The van der Waals surface area contributed by atoms with Gasteiger partial charge in [-0.15, -0.1) is 12.4 Å². The van der Waals surface area contributed by atoms with Crippen LogP contribution in [0.2, 0.25) is 0 Å². The predicted molar refractivity (Wildman–Crippen MR) is 85.6 cm³/mol. The van der Waals surface area contributed by atoms with Crippen molar-refractivity contribution in [2.75, 3.05) is 18.8 Å². The van der Waals surface area contributed by atoms with Crippen LogP contribution in [0.1, 0.15) is 38.7 Å². The van der Waals surface area contributed by atoms with Gasteiger partial charge in [-0.3, -0.25) is 4.90 Å². The Labute approximate surface area is 123 Å². The first-order valence-corrected chi connectivity index (χ1v) is 7.22. The molecule has 3 heteroatoms. The van der Waals surface area contributed by atoms with Crippen LogP contribution in [0.4, 0.5) is 5.69 Å². The van der Waals surface area contributed by atoms with Gasteiger partial charge in [-0.2, -0.15) is 0 Å². The highest BCUT2D eigenvalue weighted by Crippen LogP contribution is 2.25. The van der Waals surface area contributed by atoms with Gasteiger partial charge in [0.2, 0.25) is 0 Å². The maximum absolute atomic E-state index is 5.84. The van der Waals surface area contributed by atoms with Crippen LogP contribution >= 0.6 is 12.4 Å². The molecule has 2 N–H and O–H groups in total. The van der Waals surface area contributed by atoms with E-state index in [1.807, 2.05) is 6.07 Å². The van der Waals surface area contributed by atoms with Gasteiger partial charge >= 0.3 is 0 Å². The minimum Gasteiger partial charge on any atom is -0.399 e. The minimum absolute atomic E-state index is 0. The van der Waals surface area contributed by atoms with Crippen LogP contribution in [0.3, 0.4) is 0 Å². The molecule has 19 heavy (non-hydrogen) atoms. The Kier molecular flexibility index (Phi) is 6.67. The van der Waals surface area contributed by atoms with Gasteiger partial charge in [-0.1, -0.05) is 26.0 Å². The average Bonchev–Trinajstić information content (AvgIpc) is 2.55. The molecule has 0 aliphatic carbocycles. The van der Waals surface area contributed by atoms with Crippen molar-refractivity contribution in [3.8, 4) is 0 Å². The van der Waals surface area contributed by atoms with Gasteiger partial charge < -0.3 is 5.73 Å². The number of nitrogen functional groups attached to an aromatic ring is 1. The maximum atomic E-state index is 5.84. The smallest absolute Gasteiger partial charge is 0.0317 e. The number of halogens is 1. The molecule has 1 fully saturated rings. The second kappa shape index (κ2) is 7.76. The molecule has 0 aromatic heterocycles. The molecule has 0 spiro atoms. The Morgan fingerprint density at radius 3 is 2.74 bits per heavy atom. The number of hydrogen-bond acceptors (Lipinski definition) is 2. The quantitative estimate of drug-likeness (QED) is 0.851. The first-order valence-electron chi connectivity index (χ1n) is 7.22. The van der Waals surface area contributed by atoms with Gasteiger partial charge in [0, 0.05) is 12.2 Å². The molecule has 2 rings (SSSR count). The summed E-state index contributed by atoms with van der Waals surface area (Å²) in [5.41, 5.74) is 8.06. The molecule has 1 aliphatic heterocycles. The van der Waals surface area contributed by atoms with Crippen molar-refractivity contribution in [1.82, 2.24) is 4.90 Å².